The van der Waals surface area contributed by atoms with Gasteiger partial charge >= 0.3 is 6.03 Å². The molecule has 4 rings (SSSR count). The first kappa shape index (κ1) is 18.7. The summed E-state index contributed by atoms with van der Waals surface area (Å²) in [6, 6.07) is 13.5. The number of anilines is 1. The van der Waals surface area contributed by atoms with Crippen molar-refractivity contribution >= 4 is 28.4 Å². The highest BCUT2D eigenvalue weighted by atomic mass is 19.1. The predicted octanol–water partition coefficient (Wildman–Crippen LogP) is 5.11. The lowest BCUT2D eigenvalue weighted by atomic mass is 10.1. The molecule has 0 bridgehead atoms. The molecule has 3 aromatic rings. The fourth-order valence-corrected chi connectivity index (χ4v) is 3.27. The number of rotatable bonds is 5. The van der Waals surface area contributed by atoms with Crippen LogP contribution in [0.25, 0.3) is 16.7 Å². The quantitative estimate of drug-likeness (QED) is 0.638. The number of amides is 2. The average molecular weight is 388 g/mol. The summed E-state index contributed by atoms with van der Waals surface area (Å²) in [4.78, 5) is 16.4. The van der Waals surface area contributed by atoms with E-state index in [1.807, 2.05) is 30.6 Å². The number of halogens is 1. The minimum absolute atomic E-state index is 0.350. The van der Waals surface area contributed by atoms with Crippen LogP contribution in [0.3, 0.4) is 0 Å². The number of urea groups is 1. The Balaban J connectivity index is 1.31. The molecule has 2 N–H and O–H groups in total. The summed E-state index contributed by atoms with van der Waals surface area (Å²) in [5, 5.41) is 5.43. The number of hydrogen-bond donors (Lipinski definition) is 2. The van der Waals surface area contributed by atoms with Crippen molar-refractivity contribution in [3.8, 4) is 0 Å². The number of imidazole rings is 1. The standard InChI is InChI=1S/C23H21FN4O/c24-18-6-4-7-19(15-18)27-23(29)25-14-13-17-5-3-8-20(12-11-17)28-16-26-21-9-1-2-10-22(21)28/h1-11,15-16H,12-14H2,(H2,25,27,29). The Morgan fingerprint density at radius 1 is 1.17 bits per heavy atom. The lowest BCUT2D eigenvalue weighted by molar-refractivity contribution is 0.252. The molecule has 6 heteroatoms. The van der Waals surface area contributed by atoms with Gasteiger partial charge in [0.1, 0.15) is 12.1 Å². The monoisotopic (exact) mass is 388 g/mol. The van der Waals surface area contributed by atoms with Crippen molar-refractivity contribution in [1.82, 2.24) is 14.9 Å². The van der Waals surface area contributed by atoms with Gasteiger partial charge in [-0.1, -0.05) is 36.4 Å². The molecular weight excluding hydrogens is 367 g/mol. The maximum absolute atomic E-state index is 13.2. The number of nitrogens with one attached hydrogen (secondary N) is 2. The summed E-state index contributed by atoms with van der Waals surface area (Å²) < 4.78 is 15.3. The Morgan fingerprint density at radius 2 is 2.07 bits per heavy atom. The second-order valence-corrected chi connectivity index (χ2v) is 6.74. The molecule has 0 atom stereocenters. The van der Waals surface area contributed by atoms with E-state index in [1.165, 1.54) is 12.1 Å². The number of aromatic nitrogens is 2. The summed E-state index contributed by atoms with van der Waals surface area (Å²) in [5.41, 5.74) is 4.77. The molecule has 0 saturated carbocycles. The number of allylic oxidation sites excluding steroid dienone is 5. The van der Waals surface area contributed by atoms with Gasteiger partial charge < -0.3 is 15.2 Å². The smallest absolute Gasteiger partial charge is 0.319 e. The fraction of sp³-hybridized carbons (Fsp3) is 0.130. The molecule has 0 fully saturated rings. The van der Waals surface area contributed by atoms with Crippen molar-refractivity contribution in [3.63, 3.8) is 0 Å². The van der Waals surface area contributed by atoms with Crippen LogP contribution in [-0.2, 0) is 0 Å². The third-order valence-corrected chi connectivity index (χ3v) is 4.72. The van der Waals surface area contributed by atoms with Crippen LogP contribution in [0.4, 0.5) is 14.9 Å². The highest BCUT2D eigenvalue weighted by Crippen LogP contribution is 2.22. The summed E-state index contributed by atoms with van der Waals surface area (Å²) in [7, 11) is 0. The van der Waals surface area contributed by atoms with Crippen LogP contribution in [0.2, 0.25) is 0 Å². The van der Waals surface area contributed by atoms with Gasteiger partial charge in [-0.25, -0.2) is 14.2 Å². The van der Waals surface area contributed by atoms with E-state index in [0.717, 1.165) is 28.7 Å². The molecule has 1 aliphatic rings. The summed E-state index contributed by atoms with van der Waals surface area (Å²) in [6.45, 7) is 0.487. The van der Waals surface area contributed by atoms with E-state index in [9.17, 15) is 9.18 Å². The predicted molar refractivity (Wildman–Crippen MR) is 114 cm³/mol. The minimum Gasteiger partial charge on any atom is -0.338 e. The Kier molecular flexibility index (Phi) is 5.52. The Morgan fingerprint density at radius 3 is 2.97 bits per heavy atom. The molecule has 0 aliphatic heterocycles. The van der Waals surface area contributed by atoms with E-state index in [2.05, 4.69) is 44.5 Å². The number of hydrogen-bond acceptors (Lipinski definition) is 2. The molecule has 0 spiro atoms. The molecule has 146 valence electrons. The summed E-state index contributed by atoms with van der Waals surface area (Å²) >= 11 is 0. The number of benzene rings is 2. The van der Waals surface area contributed by atoms with Gasteiger partial charge in [-0.2, -0.15) is 0 Å². The molecule has 0 radical (unpaired) electrons. The van der Waals surface area contributed by atoms with Gasteiger partial charge in [0.25, 0.3) is 0 Å². The molecule has 1 heterocycles. The van der Waals surface area contributed by atoms with Crippen molar-refractivity contribution in [3.05, 3.63) is 90.6 Å². The normalized spacial score (nSPS) is 13.6. The largest absolute Gasteiger partial charge is 0.338 e. The maximum atomic E-state index is 13.2. The summed E-state index contributed by atoms with van der Waals surface area (Å²) in [6.07, 6.45) is 11.7. The fourth-order valence-electron chi connectivity index (χ4n) is 3.27. The molecule has 1 aliphatic carbocycles. The van der Waals surface area contributed by atoms with Crippen molar-refractivity contribution in [2.75, 3.05) is 11.9 Å². The van der Waals surface area contributed by atoms with Gasteiger partial charge in [-0.3, -0.25) is 0 Å². The second-order valence-electron chi connectivity index (χ2n) is 6.74. The lowest BCUT2D eigenvalue weighted by Gasteiger charge is -2.09. The second kappa shape index (κ2) is 8.56. The first-order chi connectivity index (χ1) is 14.2. The zero-order valence-electron chi connectivity index (χ0n) is 15.8. The maximum Gasteiger partial charge on any atom is 0.319 e. The third kappa shape index (κ3) is 4.60. The highest BCUT2D eigenvalue weighted by Gasteiger charge is 2.08. The highest BCUT2D eigenvalue weighted by molar-refractivity contribution is 5.89. The Hall–Kier alpha value is -3.67. The number of fused-ring (bicyclic) bond motifs is 1. The van der Waals surface area contributed by atoms with Crippen LogP contribution >= 0.6 is 0 Å². The van der Waals surface area contributed by atoms with Gasteiger partial charge in [0.15, 0.2) is 0 Å². The van der Waals surface area contributed by atoms with Gasteiger partial charge in [0.2, 0.25) is 0 Å². The van der Waals surface area contributed by atoms with E-state index in [0.29, 0.717) is 18.7 Å². The molecule has 2 amide bonds. The van der Waals surface area contributed by atoms with E-state index in [4.69, 9.17) is 0 Å². The van der Waals surface area contributed by atoms with E-state index < -0.39 is 0 Å². The zero-order valence-corrected chi connectivity index (χ0v) is 15.8. The van der Waals surface area contributed by atoms with Gasteiger partial charge in [-0.15, -0.1) is 0 Å². The Labute approximate surface area is 168 Å². The number of carbonyl (C=O) groups excluding carboxylic acids is 1. The van der Waals surface area contributed by atoms with E-state index in [1.54, 1.807) is 12.1 Å². The summed E-state index contributed by atoms with van der Waals surface area (Å²) in [5.74, 6) is -0.384. The van der Waals surface area contributed by atoms with Crippen LogP contribution in [-0.4, -0.2) is 22.1 Å². The van der Waals surface area contributed by atoms with Gasteiger partial charge in [-0.05, 0) is 48.4 Å². The Bertz CT molecular complexity index is 1130. The van der Waals surface area contributed by atoms with Crippen LogP contribution in [0.1, 0.15) is 12.8 Å². The van der Waals surface area contributed by atoms with Gasteiger partial charge in [0, 0.05) is 24.4 Å². The topological polar surface area (TPSA) is 59.0 Å². The van der Waals surface area contributed by atoms with E-state index in [-0.39, 0.29) is 11.8 Å². The number of para-hydroxylation sites is 2. The first-order valence-corrected chi connectivity index (χ1v) is 9.48. The molecule has 0 saturated heterocycles. The van der Waals surface area contributed by atoms with Gasteiger partial charge in [0.05, 0.1) is 11.0 Å². The van der Waals surface area contributed by atoms with Crippen molar-refractivity contribution in [2.24, 2.45) is 0 Å². The van der Waals surface area contributed by atoms with Crippen molar-refractivity contribution in [2.45, 2.75) is 12.8 Å². The number of carbonyl (C=O) groups is 1. The van der Waals surface area contributed by atoms with Crippen molar-refractivity contribution < 1.29 is 9.18 Å². The lowest BCUT2D eigenvalue weighted by Crippen LogP contribution is -2.29. The third-order valence-electron chi connectivity index (χ3n) is 4.72. The molecule has 29 heavy (non-hydrogen) atoms. The van der Waals surface area contributed by atoms with Crippen LogP contribution in [0, 0.1) is 5.82 Å². The van der Waals surface area contributed by atoms with Crippen LogP contribution in [0.15, 0.2) is 84.7 Å². The minimum atomic E-state index is -0.384. The average Bonchev–Trinajstić information content (AvgIpc) is 3.00. The number of nitrogens with zero attached hydrogens (tertiary/aromatic N) is 2. The SMILES string of the molecule is O=C(NCCC1=CCC(n2cnc3ccccc32)=CC=C1)Nc1cccc(F)c1. The zero-order chi connectivity index (χ0) is 20.1. The molecule has 1 aromatic heterocycles. The van der Waals surface area contributed by atoms with E-state index >= 15 is 0 Å². The molecule has 0 unspecified atom stereocenters. The molecule has 2 aromatic carbocycles. The molecular formula is C23H21FN4O. The van der Waals surface area contributed by atoms with Crippen LogP contribution < -0.4 is 10.6 Å². The first-order valence-electron chi connectivity index (χ1n) is 9.48. The van der Waals surface area contributed by atoms with Crippen molar-refractivity contribution in [1.29, 1.82) is 0 Å². The molecule has 5 nitrogen and oxygen atoms in total. The van der Waals surface area contributed by atoms with Crippen LogP contribution in [0.5, 0.6) is 0 Å².